The lowest BCUT2D eigenvalue weighted by molar-refractivity contribution is -0.117. The van der Waals surface area contributed by atoms with E-state index in [1.807, 2.05) is 19.1 Å². The van der Waals surface area contributed by atoms with E-state index in [1.165, 1.54) is 31.4 Å². The minimum absolute atomic E-state index is 0.0927. The smallest absolute Gasteiger partial charge is 0.241 e. The minimum atomic E-state index is -0.420. The van der Waals surface area contributed by atoms with Crippen molar-refractivity contribution in [2.75, 3.05) is 23.3 Å². The molecule has 0 radical (unpaired) electrons. The maximum Gasteiger partial charge on any atom is 0.241 e. The van der Waals surface area contributed by atoms with Crippen LogP contribution in [0.1, 0.15) is 45.4 Å². The molecule has 1 aliphatic rings. The van der Waals surface area contributed by atoms with Crippen molar-refractivity contribution in [2.24, 2.45) is 5.73 Å². The highest BCUT2D eigenvalue weighted by atomic mass is 16.2. The van der Waals surface area contributed by atoms with Crippen LogP contribution in [0.5, 0.6) is 0 Å². The molecule has 0 saturated carbocycles. The molecule has 1 aromatic carbocycles. The van der Waals surface area contributed by atoms with Gasteiger partial charge in [-0.1, -0.05) is 32.3 Å². The van der Waals surface area contributed by atoms with Crippen molar-refractivity contribution in [3.63, 3.8) is 0 Å². The number of hydrogen-bond acceptors (Lipinski definition) is 3. The Kier molecular flexibility index (Phi) is 6.05. The predicted octanol–water partition coefficient (Wildman–Crippen LogP) is 3.13. The molecule has 1 heterocycles. The van der Waals surface area contributed by atoms with Crippen LogP contribution in [0, 0.1) is 0 Å². The fourth-order valence-corrected chi connectivity index (χ4v) is 2.79. The second-order valence-corrected chi connectivity index (χ2v) is 5.84. The van der Waals surface area contributed by atoms with Crippen molar-refractivity contribution < 1.29 is 4.79 Å². The summed E-state index contributed by atoms with van der Waals surface area (Å²) in [6.07, 6.45) is 6.77. The number of nitrogens with zero attached hydrogens (tertiary/aromatic N) is 1. The molecule has 116 valence electrons. The molecule has 3 N–H and O–H groups in total. The van der Waals surface area contributed by atoms with Gasteiger partial charge in [-0.3, -0.25) is 4.79 Å². The number of carbonyl (C=O) groups excluding carboxylic acids is 1. The Morgan fingerprint density at radius 1 is 1.29 bits per heavy atom. The van der Waals surface area contributed by atoms with Crippen molar-refractivity contribution >= 4 is 17.3 Å². The van der Waals surface area contributed by atoms with E-state index in [-0.39, 0.29) is 5.91 Å². The third kappa shape index (κ3) is 4.74. The van der Waals surface area contributed by atoms with E-state index in [9.17, 15) is 4.79 Å². The summed E-state index contributed by atoms with van der Waals surface area (Å²) in [6.45, 7) is 4.24. The summed E-state index contributed by atoms with van der Waals surface area (Å²) in [5, 5.41) is 2.93. The SMILES string of the molecule is CCCC(N)C(=O)Nc1cccc(N2CCCCCC2)c1. The molecule has 0 bridgehead atoms. The van der Waals surface area contributed by atoms with Gasteiger partial charge < -0.3 is 16.0 Å². The van der Waals surface area contributed by atoms with Gasteiger partial charge >= 0.3 is 0 Å². The minimum Gasteiger partial charge on any atom is -0.371 e. The number of nitrogens with two attached hydrogens (primary N) is 1. The van der Waals surface area contributed by atoms with Crippen LogP contribution in [0.15, 0.2) is 24.3 Å². The Balaban J connectivity index is 2.01. The van der Waals surface area contributed by atoms with Gasteiger partial charge in [0.1, 0.15) is 0 Å². The summed E-state index contributed by atoms with van der Waals surface area (Å²) in [4.78, 5) is 14.4. The predicted molar refractivity (Wildman–Crippen MR) is 88.6 cm³/mol. The molecular formula is C17H27N3O. The molecule has 1 fully saturated rings. The van der Waals surface area contributed by atoms with Gasteiger partial charge in [0.25, 0.3) is 0 Å². The average molecular weight is 289 g/mol. The van der Waals surface area contributed by atoms with Crippen LogP contribution in [0.25, 0.3) is 0 Å². The summed E-state index contributed by atoms with van der Waals surface area (Å²) < 4.78 is 0. The second kappa shape index (κ2) is 8.03. The van der Waals surface area contributed by atoms with Gasteiger partial charge in [0.15, 0.2) is 0 Å². The monoisotopic (exact) mass is 289 g/mol. The van der Waals surface area contributed by atoms with Crippen LogP contribution in [0.2, 0.25) is 0 Å². The molecule has 1 amide bonds. The maximum atomic E-state index is 12.0. The molecule has 2 rings (SSSR count). The zero-order valence-electron chi connectivity index (χ0n) is 13.0. The van der Waals surface area contributed by atoms with E-state index < -0.39 is 6.04 Å². The molecule has 0 aliphatic carbocycles. The van der Waals surface area contributed by atoms with Crippen LogP contribution < -0.4 is 16.0 Å². The van der Waals surface area contributed by atoms with Gasteiger partial charge in [0.2, 0.25) is 5.91 Å². The molecule has 0 aromatic heterocycles. The molecule has 1 saturated heterocycles. The highest BCUT2D eigenvalue weighted by Crippen LogP contribution is 2.22. The van der Waals surface area contributed by atoms with Gasteiger partial charge in [-0.25, -0.2) is 0 Å². The van der Waals surface area contributed by atoms with Crippen molar-refractivity contribution in [1.29, 1.82) is 0 Å². The molecule has 4 nitrogen and oxygen atoms in total. The molecule has 1 aromatic rings. The number of amides is 1. The largest absolute Gasteiger partial charge is 0.371 e. The van der Waals surface area contributed by atoms with Crippen molar-refractivity contribution in [2.45, 2.75) is 51.5 Å². The highest BCUT2D eigenvalue weighted by Gasteiger charge is 2.14. The standard InChI is InChI=1S/C17H27N3O/c1-2-8-16(18)17(21)19-14-9-7-10-15(13-14)20-11-5-3-4-6-12-20/h7,9-10,13,16H,2-6,8,11-12,18H2,1H3,(H,19,21). The van der Waals surface area contributed by atoms with Crippen LogP contribution >= 0.6 is 0 Å². The first-order chi connectivity index (χ1) is 10.2. The first kappa shape index (κ1) is 15.8. The van der Waals surface area contributed by atoms with Crippen LogP contribution in [-0.2, 0) is 4.79 Å². The van der Waals surface area contributed by atoms with Crippen molar-refractivity contribution in [3.8, 4) is 0 Å². The molecule has 4 heteroatoms. The van der Waals surface area contributed by atoms with Gasteiger partial charge in [-0.05, 0) is 37.5 Å². The summed E-state index contributed by atoms with van der Waals surface area (Å²) in [5.74, 6) is -0.0927. The molecular weight excluding hydrogens is 262 g/mol. The normalized spacial score (nSPS) is 17.1. The Morgan fingerprint density at radius 2 is 2.00 bits per heavy atom. The van der Waals surface area contributed by atoms with Gasteiger partial charge in [-0.15, -0.1) is 0 Å². The molecule has 1 unspecified atom stereocenters. The fourth-order valence-electron chi connectivity index (χ4n) is 2.79. The number of benzene rings is 1. The molecule has 21 heavy (non-hydrogen) atoms. The Labute approximate surface area is 127 Å². The number of anilines is 2. The lowest BCUT2D eigenvalue weighted by Crippen LogP contribution is -2.35. The Hall–Kier alpha value is -1.55. The second-order valence-electron chi connectivity index (χ2n) is 5.84. The molecule has 0 spiro atoms. The lowest BCUT2D eigenvalue weighted by Gasteiger charge is -2.23. The number of carbonyl (C=O) groups is 1. The van der Waals surface area contributed by atoms with Crippen LogP contribution in [-0.4, -0.2) is 25.0 Å². The first-order valence-electron chi connectivity index (χ1n) is 8.12. The zero-order valence-corrected chi connectivity index (χ0v) is 13.0. The van der Waals surface area contributed by atoms with E-state index in [4.69, 9.17) is 5.73 Å². The zero-order chi connectivity index (χ0) is 15.1. The summed E-state index contributed by atoms with van der Waals surface area (Å²) >= 11 is 0. The number of hydrogen-bond donors (Lipinski definition) is 2. The number of nitrogens with one attached hydrogen (secondary N) is 1. The molecule has 1 aliphatic heterocycles. The van der Waals surface area contributed by atoms with E-state index in [2.05, 4.69) is 22.3 Å². The first-order valence-corrected chi connectivity index (χ1v) is 8.12. The van der Waals surface area contributed by atoms with E-state index in [1.54, 1.807) is 0 Å². The van der Waals surface area contributed by atoms with E-state index in [0.29, 0.717) is 0 Å². The van der Waals surface area contributed by atoms with Crippen LogP contribution in [0.3, 0.4) is 0 Å². The topological polar surface area (TPSA) is 58.4 Å². The van der Waals surface area contributed by atoms with Crippen molar-refractivity contribution in [1.82, 2.24) is 0 Å². The molecule has 1 atom stereocenters. The third-order valence-corrected chi connectivity index (χ3v) is 4.02. The summed E-state index contributed by atoms with van der Waals surface area (Å²) in [7, 11) is 0. The van der Waals surface area contributed by atoms with E-state index >= 15 is 0 Å². The van der Waals surface area contributed by atoms with Crippen molar-refractivity contribution in [3.05, 3.63) is 24.3 Å². The average Bonchev–Trinajstić information content (AvgIpc) is 2.77. The van der Waals surface area contributed by atoms with Gasteiger partial charge in [0.05, 0.1) is 6.04 Å². The highest BCUT2D eigenvalue weighted by molar-refractivity contribution is 5.95. The summed E-state index contributed by atoms with van der Waals surface area (Å²) in [5.41, 5.74) is 7.89. The van der Waals surface area contributed by atoms with Crippen LogP contribution in [0.4, 0.5) is 11.4 Å². The van der Waals surface area contributed by atoms with Gasteiger partial charge in [-0.2, -0.15) is 0 Å². The quantitative estimate of drug-likeness (QED) is 0.875. The fraction of sp³-hybridized carbons (Fsp3) is 0.588. The Morgan fingerprint density at radius 3 is 2.67 bits per heavy atom. The Bertz CT molecular complexity index is 453. The summed E-state index contributed by atoms with van der Waals surface area (Å²) in [6, 6.07) is 7.69. The third-order valence-electron chi connectivity index (χ3n) is 4.02. The van der Waals surface area contributed by atoms with Gasteiger partial charge in [0, 0.05) is 24.5 Å². The van der Waals surface area contributed by atoms with E-state index in [0.717, 1.165) is 31.6 Å². The maximum absolute atomic E-state index is 12.0. The number of rotatable bonds is 5. The lowest BCUT2D eigenvalue weighted by atomic mass is 10.1.